The van der Waals surface area contributed by atoms with Crippen LogP contribution in [0.3, 0.4) is 0 Å². The summed E-state index contributed by atoms with van der Waals surface area (Å²) in [5, 5.41) is 15.1. The van der Waals surface area contributed by atoms with Gasteiger partial charge in [-0.3, -0.25) is 0 Å². The van der Waals surface area contributed by atoms with Crippen LogP contribution in [-0.4, -0.2) is 83.4 Å². The number of ketones is 1. The van der Waals surface area contributed by atoms with E-state index < -0.39 is 12.1 Å². The van der Waals surface area contributed by atoms with E-state index in [1.807, 2.05) is 11.8 Å². The van der Waals surface area contributed by atoms with Crippen LogP contribution in [0.15, 0.2) is 18.2 Å². The van der Waals surface area contributed by atoms with Crippen LogP contribution in [0.25, 0.3) is 0 Å². The van der Waals surface area contributed by atoms with Crippen molar-refractivity contribution < 1.29 is 32.7 Å². The number of carbonyl (C=O) groups is 3. The number of carboxylic acids is 1. The van der Waals surface area contributed by atoms with Gasteiger partial charge in [0.1, 0.15) is 0 Å². The van der Waals surface area contributed by atoms with Crippen LogP contribution in [0.5, 0.6) is 0 Å². The number of piperazine rings is 1. The zero-order valence-corrected chi connectivity index (χ0v) is 21.8. The van der Waals surface area contributed by atoms with Gasteiger partial charge in [-0.05, 0) is 0 Å². The number of thiophene rings is 1. The monoisotopic (exact) mass is 599 g/mol. The number of nitrogens with zero attached hydrogens (tertiary/aromatic N) is 1. The summed E-state index contributed by atoms with van der Waals surface area (Å²) in [5.41, 5.74) is 0.927. The molecule has 2 heterocycles. The summed E-state index contributed by atoms with van der Waals surface area (Å²) in [4.78, 5) is 37.4. The molecule has 2 radical (unpaired) electrons. The minimum absolute atomic E-state index is 0.0550. The second-order valence-electron chi connectivity index (χ2n) is 6.81. The summed E-state index contributed by atoms with van der Waals surface area (Å²) in [6.07, 6.45) is -5.08. The van der Waals surface area contributed by atoms with E-state index in [-0.39, 0.29) is 11.7 Å². The molecule has 1 saturated heterocycles. The van der Waals surface area contributed by atoms with Crippen LogP contribution >= 0.6 is 34.5 Å². The molecule has 0 saturated carbocycles. The summed E-state index contributed by atoms with van der Waals surface area (Å²) in [7, 11) is 0. The van der Waals surface area contributed by atoms with Crippen molar-refractivity contribution in [1.29, 1.82) is 0 Å². The molecule has 3 N–H and O–H groups in total. The molecule has 34 heavy (non-hydrogen) atoms. The molecule has 2 aromatic rings. The topological polar surface area (TPSA) is 98.7 Å². The largest absolute Gasteiger partial charge is 0.490 e. The molecule has 3 rings (SSSR count). The van der Waals surface area contributed by atoms with Crippen molar-refractivity contribution in [1.82, 2.24) is 10.2 Å². The number of benzene rings is 1. The number of nitrogens with one attached hydrogen (secondary N) is 2. The molecule has 1 aliphatic heterocycles. The van der Waals surface area contributed by atoms with E-state index in [2.05, 4.69) is 27.5 Å². The van der Waals surface area contributed by atoms with Gasteiger partial charge in [0, 0.05) is 0 Å². The Morgan fingerprint density at radius 1 is 1.24 bits per heavy atom. The summed E-state index contributed by atoms with van der Waals surface area (Å²) < 4.78 is 32.4. The van der Waals surface area contributed by atoms with Crippen LogP contribution in [0.2, 0.25) is 10.0 Å². The summed E-state index contributed by atoms with van der Waals surface area (Å²) in [5.74, 6) is -3.02. The van der Waals surface area contributed by atoms with Crippen LogP contribution in [0.4, 0.5) is 18.2 Å². The van der Waals surface area contributed by atoms with Crippen LogP contribution in [-0.2, 0) is 4.79 Å². The number of aliphatic carboxylic acids is 1. The molecular weight excluding hydrogens is 581 g/mol. The Hall–Kier alpha value is -1.78. The third-order valence-electron chi connectivity index (χ3n) is 4.46. The molecule has 14 heteroatoms. The first-order valence-electron chi connectivity index (χ1n) is 9.77. The number of carbonyl (C=O) groups excluding carboxylic acids is 2. The van der Waals surface area contributed by atoms with Gasteiger partial charge in [0.25, 0.3) is 0 Å². The first-order valence-corrected chi connectivity index (χ1v) is 12.3. The number of hydrogen-bond acceptors (Lipinski definition) is 6. The predicted octanol–water partition coefficient (Wildman–Crippen LogP) is 3.19. The average Bonchev–Trinajstić information content (AvgIpc) is 3.09. The number of carboxylic acid groups (broad SMARTS) is 1. The molecular formula is C20H19AsCl2F3N3O4S. The maximum absolute atomic E-state index is 13.1. The fourth-order valence-corrected chi connectivity index (χ4v) is 5.59. The van der Waals surface area contributed by atoms with Crippen LogP contribution < -0.4 is 15.0 Å². The number of hydrogen-bond donors (Lipinski definition) is 3. The number of rotatable bonds is 5. The Labute approximate surface area is 216 Å². The molecule has 0 bridgehead atoms. The minimum atomic E-state index is -5.08. The van der Waals surface area contributed by atoms with Gasteiger partial charge in [0.05, 0.1) is 0 Å². The maximum atomic E-state index is 13.1. The minimum Gasteiger partial charge on any atom is -0.475 e. The molecule has 0 atom stereocenters. The molecule has 184 valence electrons. The van der Waals surface area contributed by atoms with Gasteiger partial charge < -0.3 is 5.11 Å². The van der Waals surface area contributed by atoms with E-state index in [9.17, 15) is 22.8 Å². The van der Waals surface area contributed by atoms with E-state index in [4.69, 9.17) is 33.1 Å². The molecule has 0 spiro atoms. The van der Waals surface area contributed by atoms with Crippen LogP contribution in [0.1, 0.15) is 32.5 Å². The molecule has 1 amide bonds. The number of halogens is 5. The SMILES string of the molecule is CCNc1sc(C(=O)c2ccc(Cl)cc2Cl)c([As])c1C(=O)N1CCNCC1.O=C(O)C(F)(F)F. The normalized spacial score (nSPS) is 13.7. The van der Waals surface area contributed by atoms with Gasteiger partial charge in [0.15, 0.2) is 0 Å². The first-order chi connectivity index (χ1) is 15.9. The number of anilines is 1. The molecule has 7 nitrogen and oxygen atoms in total. The van der Waals surface area contributed by atoms with Gasteiger partial charge in [-0.1, -0.05) is 0 Å². The number of amides is 1. The third kappa shape index (κ3) is 7.11. The van der Waals surface area contributed by atoms with Crippen molar-refractivity contribution in [2.45, 2.75) is 13.1 Å². The molecule has 1 aliphatic rings. The van der Waals surface area contributed by atoms with Crippen molar-refractivity contribution in [3.05, 3.63) is 44.2 Å². The molecule has 1 fully saturated rings. The van der Waals surface area contributed by atoms with Gasteiger partial charge in [0.2, 0.25) is 0 Å². The van der Waals surface area contributed by atoms with E-state index in [1.165, 1.54) is 11.3 Å². The summed E-state index contributed by atoms with van der Waals surface area (Å²) >= 11 is 15.8. The Kier molecular flexibility index (Phi) is 10.3. The third-order valence-corrected chi connectivity index (χ3v) is 7.42. The van der Waals surface area contributed by atoms with Crippen molar-refractivity contribution in [2.24, 2.45) is 0 Å². The van der Waals surface area contributed by atoms with Gasteiger partial charge in [-0.25, -0.2) is 4.79 Å². The van der Waals surface area contributed by atoms with E-state index in [1.54, 1.807) is 18.2 Å². The summed E-state index contributed by atoms with van der Waals surface area (Å²) in [6, 6.07) is 4.80. The van der Waals surface area contributed by atoms with E-state index >= 15 is 0 Å². The standard InChI is InChI=1S/C18H18AsCl2N3O2S.C2HF3O2/c1-2-23-17-13(18(26)24-7-5-22-6-8-24)14(19)16(27-17)15(25)11-4-3-10(20)9-12(11)21;3-2(4,5)1(6)7/h3-4,9,22-23H,2,5-8H2,1H3;(H,6,7). The maximum Gasteiger partial charge on any atom is 0.490 e. The quantitative estimate of drug-likeness (QED) is 0.361. The Morgan fingerprint density at radius 3 is 2.32 bits per heavy atom. The van der Waals surface area contributed by atoms with Crippen molar-refractivity contribution in [3.63, 3.8) is 0 Å². The Morgan fingerprint density at radius 2 is 1.82 bits per heavy atom. The predicted molar refractivity (Wildman–Crippen MR) is 126 cm³/mol. The summed E-state index contributed by atoms with van der Waals surface area (Å²) in [6.45, 7) is 5.46. The van der Waals surface area contributed by atoms with Gasteiger partial charge in [-0.2, -0.15) is 13.2 Å². The zero-order valence-electron chi connectivity index (χ0n) is 17.6. The fraction of sp³-hybridized carbons (Fsp3) is 0.350. The van der Waals surface area contributed by atoms with E-state index in [0.29, 0.717) is 55.0 Å². The average molecular weight is 600 g/mol. The molecule has 0 unspecified atom stereocenters. The number of alkyl halides is 3. The molecule has 0 aliphatic carbocycles. The zero-order chi connectivity index (χ0) is 25.6. The first kappa shape index (κ1) is 28.5. The Balaban J connectivity index is 0.000000509. The van der Waals surface area contributed by atoms with E-state index in [0.717, 1.165) is 13.1 Å². The van der Waals surface area contributed by atoms with Crippen molar-refractivity contribution in [2.75, 3.05) is 38.0 Å². The molecule has 1 aromatic heterocycles. The van der Waals surface area contributed by atoms with Crippen molar-refractivity contribution >= 4 is 78.4 Å². The Bertz CT molecular complexity index is 1080. The second kappa shape index (κ2) is 12.3. The smallest absolute Gasteiger partial charge is 0.475 e. The van der Waals surface area contributed by atoms with Gasteiger partial charge >= 0.3 is 194 Å². The van der Waals surface area contributed by atoms with Crippen LogP contribution in [0, 0.1) is 0 Å². The van der Waals surface area contributed by atoms with Crippen molar-refractivity contribution in [3.8, 4) is 0 Å². The second-order valence-corrected chi connectivity index (χ2v) is 9.62. The fourth-order valence-electron chi connectivity index (χ4n) is 2.88. The molecule has 1 aromatic carbocycles. The van der Waals surface area contributed by atoms with Gasteiger partial charge in [-0.15, -0.1) is 0 Å².